The van der Waals surface area contributed by atoms with Crippen molar-refractivity contribution in [3.63, 3.8) is 0 Å². The zero-order chi connectivity index (χ0) is 16.8. The van der Waals surface area contributed by atoms with Gasteiger partial charge in [0.15, 0.2) is 0 Å². The molecule has 3 nitrogen and oxygen atoms in total. The van der Waals surface area contributed by atoms with Crippen LogP contribution in [-0.2, 0) is 11.2 Å². The van der Waals surface area contributed by atoms with Crippen LogP contribution in [0.4, 0.5) is 0 Å². The molecule has 0 spiro atoms. The molecular formula is C20H25NO2. The smallest absolute Gasteiger partial charge is 0.220 e. The predicted octanol–water partition coefficient (Wildman–Crippen LogP) is 4.12. The van der Waals surface area contributed by atoms with E-state index in [0.29, 0.717) is 6.42 Å². The van der Waals surface area contributed by atoms with Crippen LogP contribution in [0.3, 0.4) is 0 Å². The fourth-order valence-corrected chi connectivity index (χ4v) is 2.61. The zero-order valence-electron chi connectivity index (χ0n) is 14.3. The molecule has 1 unspecified atom stereocenters. The number of ether oxygens (including phenoxy) is 1. The standard InChI is InChI=1S/C20H25NO2/c1-14-5-9-18(10-6-14)16(3)21-20(22)12-8-17-7-11-19(23-4)15(2)13-17/h5-7,9-11,13,16H,8,12H2,1-4H3,(H,21,22). The van der Waals surface area contributed by atoms with Crippen molar-refractivity contribution in [1.82, 2.24) is 5.32 Å². The molecule has 23 heavy (non-hydrogen) atoms. The highest BCUT2D eigenvalue weighted by atomic mass is 16.5. The third-order valence-electron chi connectivity index (χ3n) is 4.05. The average Bonchev–Trinajstić information content (AvgIpc) is 2.53. The molecule has 0 aliphatic carbocycles. The lowest BCUT2D eigenvalue weighted by molar-refractivity contribution is -0.121. The van der Waals surface area contributed by atoms with Crippen LogP contribution in [0.15, 0.2) is 42.5 Å². The number of hydrogen-bond acceptors (Lipinski definition) is 2. The summed E-state index contributed by atoms with van der Waals surface area (Å²) >= 11 is 0. The number of nitrogens with one attached hydrogen (secondary N) is 1. The number of carbonyl (C=O) groups is 1. The molecule has 2 rings (SSSR count). The van der Waals surface area contributed by atoms with Gasteiger partial charge in [0.2, 0.25) is 5.91 Å². The van der Waals surface area contributed by atoms with Crippen LogP contribution in [0.2, 0.25) is 0 Å². The lowest BCUT2D eigenvalue weighted by Crippen LogP contribution is -2.26. The zero-order valence-corrected chi connectivity index (χ0v) is 14.3. The second kappa shape index (κ2) is 7.82. The Bertz CT molecular complexity index is 662. The van der Waals surface area contributed by atoms with E-state index in [1.165, 1.54) is 5.56 Å². The van der Waals surface area contributed by atoms with Crippen molar-refractivity contribution in [2.75, 3.05) is 7.11 Å². The summed E-state index contributed by atoms with van der Waals surface area (Å²) in [7, 11) is 1.67. The Morgan fingerprint density at radius 3 is 2.43 bits per heavy atom. The van der Waals surface area contributed by atoms with Crippen molar-refractivity contribution in [3.8, 4) is 5.75 Å². The first-order valence-electron chi connectivity index (χ1n) is 7.99. The summed E-state index contributed by atoms with van der Waals surface area (Å²) in [6.45, 7) is 6.09. The summed E-state index contributed by atoms with van der Waals surface area (Å²) in [5.74, 6) is 0.956. The van der Waals surface area contributed by atoms with Gasteiger partial charge >= 0.3 is 0 Å². The van der Waals surface area contributed by atoms with Crippen LogP contribution in [0.25, 0.3) is 0 Å². The van der Waals surface area contributed by atoms with E-state index in [0.717, 1.165) is 28.9 Å². The Labute approximate surface area is 138 Å². The summed E-state index contributed by atoms with van der Waals surface area (Å²) in [6, 6.07) is 14.3. The number of benzene rings is 2. The van der Waals surface area contributed by atoms with Crippen molar-refractivity contribution in [3.05, 3.63) is 64.7 Å². The minimum absolute atomic E-state index is 0.0284. The number of methoxy groups -OCH3 is 1. The van der Waals surface area contributed by atoms with E-state index in [1.54, 1.807) is 7.11 Å². The van der Waals surface area contributed by atoms with Gasteiger partial charge in [0.25, 0.3) is 0 Å². The molecule has 1 N–H and O–H groups in total. The molecule has 0 aromatic heterocycles. The molecule has 0 radical (unpaired) electrons. The van der Waals surface area contributed by atoms with Gasteiger partial charge in [0.1, 0.15) is 5.75 Å². The molecule has 1 amide bonds. The highest BCUT2D eigenvalue weighted by molar-refractivity contribution is 5.76. The molecule has 3 heteroatoms. The Balaban J connectivity index is 1.87. The Morgan fingerprint density at radius 1 is 1.13 bits per heavy atom. The van der Waals surface area contributed by atoms with Gasteiger partial charge in [0, 0.05) is 6.42 Å². The molecule has 0 saturated carbocycles. The van der Waals surface area contributed by atoms with E-state index in [-0.39, 0.29) is 11.9 Å². The van der Waals surface area contributed by atoms with Crippen LogP contribution in [-0.4, -0.2) is 13.0 Å². The fourth-order valence-electron chi connectivity index (χ4n) is 2.61. The SMILES string of the molecule is COc1ccc(CCC(=O)NC(C)c2ccc(C)cc2)cc1C. The van der Waals surface area contributed by atoms with Crippen LogP contribution in [0, 0.1) is 13.8 Å². The molecular weight excluding hydrogens is 286 g/mol. The topological polar surface area (TPSA) is 38.3 Å². The first-order chi connectivity index (χ1) is 11.0. The van der Waals surface area contributed by atoms with Crippen molar-refractivity contribution < 1.29 is 9.53 Å². The molecule has 1 atom stereocenters. The van der Waals surface area contributed by atoms with Crippen LogP contribution < -0.4 is 10.1 Å². The van der Waals surface area contributed by atoms with Gasteiger partial charge in [-0.25, -0.2) is 0 Å². The monoisotopic (exact) mass is 311 g/mol. The van der Waals surface area contributed by atoms with Gasteiger partial charge in [0.05, 0.1) is 13.2 Å². The van der Waals surface area contributed by atoms with E-state index in [4.69, 9.17) is 4.74 Å². The van der Waals surface area contributed by atoms with E-state index in [2.05, 4.69) is 42.6 Å². The van der Waals surface area contributed by atoms with Gasteiger partial charge in [-0.2, -0.15) is 0 Å². The molecule has 0 heterocycles. The van der Waals surface area contributed by atoms with Gasteiger partial charge in [-0.3, -0.25) is 4.79 Å². The fraction of sp³-hybridized carbons (Fsp3) is 0.350. The van der Waals surface area contributed by atoms with Crippen LogP contribution in [0.1, 0.15) is 41.6 Å². The number of rotatable bonds is 6. The maximum atomic E-state index is 12.1. The third-order valence-corrected chi connectivity index (χ3v) is 4.05. The Hall–Kier alpha value is -2.29. The number of carbonyl (C=O) groups excluding carboxylic acids is 1. The second-order valence-electron chi connectivity index (χ2n) is 6.00. The van der Waals surface area contributed by atoms with Crippen LogP contribution in [0.5, 0.6) is 5.75 Å². The summed E-state index contributed by atoms with van der Waals surface area (Å²) in [5.41, 5.74) is 4.60. The van der Waals surface area contributed by atoms with E-state index < -0.39 is 0 Å². The highest BCUT2D eigenvalue weighted by Gasteiger charge is 2.10. The lowest BCUT2D eigenvalue weighted by Gasteiger charge is -2.15. The van der Waals surface area contributed by atoms with Crippen molar-refractivity contribution in [2.45, 2.75) is 39.7 Å². The minimum atomic E-state index is 0.0284. The normalized spacial score (nSPS) is 11.8. The van der Waals surface area contributed by atoms with Gasteiger partial charge in [-0.15, -0.1) is 0 Å². The van der Waals surface area contributed by atoms with E-state index in [9.17, 15) is 4.79 Å². The average molecular weight is 311 g/mol. The van der Waals surface area contributed by atoms with Crippen molar-refractivity contribution in [1.29, 1.82) is 0 Å². The van der Waals surface area contributed by atoms with Crippen molar-refractivity contribution in [2.24, 2.45) is 0 Å². The molecule has 0 fully saturated rings. The van der Waals surface area contributed by atoms with Gasteiger partial charge in [-0.1, -0.05) is 42.0 Å². The number of hydrogen-bond donors (Lipinski definition) is 1. The lowest BCUT2D eigenvalue weighted by atomic mass is 10.0. The third kappa shape index (κ3) is 4.85. The van der Waals surface area contributed by atoms with E-state index in [1.807, 2.05) is 26.0 Å². The summed E-state index contributed by atoms with van der Waals surface area (Å²) in [4.78, 5) is 12.1. The number of aryl methyl sites for hydroxylation is 3. The second-order valence-corrected chi connectivity index (χ2v) is 6.00. The molecule has 0 aliphatic rings. The molecule has 0 saturated heterocycles. The Morgan fingerprint density at radius 2 is 1.83 bits per heavy atom. The maximum absolute atomic E-state index is 12.1. The molecule has 0 bridgehead atoms. The Kier molecular flexibility index (Phi) is 5.80. The molecule has 122 valence electrons. The van der Waals surface area contributed by atoms with E-state index >= 15 is 0 Å². The summed E-state index contributed by atoms with van der Waals surface area (Å²) in [6.07, 6.45) is 1.22. The highest BCUT2D eigenvalue weighted by Crippen LogP contribution is 2.19. The summed E-state index contributed by atoms with van der Waals surface area (Å²) < 4.78 is 5.26. The maximum Gasteiger partial charge on any atom is 0.220 e. The minimum Gasteiger partial charge on any atom is -0.496 e. The molecule has 2 aromatic rings. The predicted molar refractivity (Wildman–Crippen MR) is 93.8 cm³/mol. The number of amides is 1. The van der Waals surface area contributed by atoms with Gasteiger partial charge < -0.3 is 10.1 Å². The first-order valence-corrected chi connectivity index (χ1v) is 7.99. The van der Waals surface area contributed by atoms with Crippen LogP contribution >= 0.6 is 0 Å². The molecule has 0 aliphatic heterocycles. The largest absolute Gasteiger partial charge is 0.496 e. The summed E-state index contributed by atoms with van der Waals surface area (Å²) in [5, 5.41) is 3.06. The van der Waals surface area contributed by atoms with Gasteiger partial charge in [-0.05, 0) is 49.9 Å². The quantitative estimate of drug-likeness (QED) is 0.871. The molecule has 2 aromatic carbocycles. The van der Waals surface area contributed by atoms with Crippen molar-refractivity contribution >= 4 is 5.91 Å². The first kappa shape index (κ1) is 17.1.